The van der Waals surface area contributed by atoms with E-state index < -0.39 is 51.2 Å². The molecule has 0 saturated carbocycles. The predicted octanol–water partition coefficient (Wildman–Crippen LogP) is 6.08. The Labute approximate surface area is 213 Å². The van der Waals surface area contributed by atoms with Gasteiger partial charge in [-0.05, 0) is 0 Å². The molecule has 0 bridgehead atoms. The molecule has 4 nitrogen and oxygen atoms in total. The first-order valence-corrected chi connectivity index (χ1v) is 40.5. The van der Waals surface area contributed by atoms with Gasteiger partial charge in [-0.3, -0.25) is 9.59 Å². The van der Waals surface area contributed by atoms with Crippen LogP contribution in [0.5, 0.6) is 0 Å². The van der Waals surface area contributed by atoms with Crippen molar-refractivity contribution in [3.63, 3.8) is 0 Å². The zero-order valence-electron chi connectivity index (χ0n) is 24.5. The molecule has 33 heavy (non-hydrogen) atoms. The van der Waals surface area contributed by atoms with Crippen LogP contribution in [0.15, 0.2) is 0 Å². The summed E-state index contributed by atoms with van der Waals surface area (Å²) >= 11 is 0. The molecule has 0 aromatic rings. The van der Waals surface area contributed by atoms with Crippen LogP contribution in [0.25, 0.3) is 0 Å². The van der Waals surface area contributed by atoms with Gasteiger partial charge < -0.3 is 8.85 Å². The van der Waals surface area contributed by atoms with Gasteiger partial charge in [0, 0.05) is 37.0 Å². The Hall–Kier alpha value is 0.675. The molecule has 0 aliphatic carbocycles. The van der Waals surface area contributed by atoms with Crippen LogP contribution in [0.1, 0.15) is 34.1 Å². The number of carbonyl (C=O) groups excluding carboxylic acids is 2. The van der Waals surface area contributed by atoms with Crippen molar-refractivity contribution < 1.29 is 18.4 Å². The fourth-order valence-corrected chi connectivity index (χ4v) is 233. The molecule has 1 aliphatic rings. The number of rotatable bonds is 9. The van der Waals surface area contributed by atoms with Crippen molar-refractivity contribution in [1.29, 1.82) is 0 Å². The Morgan fingerprint density at radius 2 is 0.970 bits per heavy atom. The number of hydrogen-bond acceptors (Lipinski definition) is 4. The van der Waals surface area contributed by atoms with Crippen LogP contribution in [0, 0.1) is 0 Å². The van der Waals surface area contributed by atoms with Gasteiger partial charge in [-0.1, -0.05) is 117 Å². The highest BCUT2D eigenvalue weighted by Gasteiger charge is 2.79. The summed E-state index contributed by atoms with van der Waals surface area (Å²) in [4.78, 5) is 26.3. The van der Waals surface area contributed by atoms with E-state index >= 15 is 0 Å². The highest BCUT2D eigenvalue weighted by Crippen LogP contribution is 2.49. The lowest BCUT2D eigenvalue weighted by molar-refractivity contribution is -0.151. The van der Waals surface area contributed by atoms with Crippen molar-refractivity contribution in [1.82, 2.24) is 0 Å². The smallest absolute Gasteiger partial charge is 0.396 e. The average Bonchev–Trinajstić information content (AvgIpc) is 2.45. The Kier molecular flexibility index (Phi) is 9.15. The zero-order valence-corrected chi connectivity index (χ0v) is 32.5. The van der Waals surface area contributed by atoms with Crippen molar-refractivity contribution in [3.05, 3.63) is 0 Å². The zero-order chi connectivity index (χ0) is 26.6. The van der Waals surface area contributed by atoms with Crippen molar-refractivity contribution in [2.45, 2.75) is 124 Å². The third kappa shape index (κ3) is 5.10. The highest BCUT2D eigenvalue weighted by molar-refractivity contribution is 8.04. The second-order valence-corrected chi connectivity index (χ2v) is 89.9. The Morgan fingerprint density at radius 1 is 0.636 bits per heavy atom. The van der Waals surface area contributed by atoms with E-state index in [0.717, 1.165) is 0 Å². The number of hydrogen-bond donors (Lipinski definition) is 0. The molecule has 0 aromatic carbocycles. The molecule has 1 heterocycles. The van der Waals surface area contributed by atoms with E-state index in [2.05, 4.69) is 106 Å². The summed E-state index contributed by atoms with van der Waals surface area (Å²) in [5.74, 6) is -0.561. The van der Waals surface area contributed by atoms with Gasteiger partial charge in [-0.2, -0.15) is 0 Å². The maximum absolute atomic E-state index is 13.2. The molecule has 0 spiro atoms. The van der Waals surface area contributed by atoms with E-state index in [0.29, 0.717) is 19.6 Å². The average molecular weight is 593 g/mol. The molecule has 0 unspecified atom stereocenters. The van der Waals surface area contributed by atoms with Crippen LogP contribution in [-0.4, -0.2) is 71.7 Å². The van der Waals surface area contributed by atoms with Gasteiger partial charge in [0.1, 0.15) is 21.6 Å². The molecule has 2 radical (unpaired) electrons. The predicted molar refractivity (Wildman–Crippen MR) is 163 cm³/mol. The molecule has 1 rings (SSSR count). The molecular weight excluding hydrogens is 541 g/mol. The summed E-state index contributed by atoms with van der Waals surface area (Å²) in [7, 11) is -9.44. The van der Waals surface area contributed by atoms with Crippen LogP contribution in [0.4, 0.5) is 0 Å². The first-order valence-electron chi connectivity index (χ1n) is 12.6. The molecule has 12 heteroatoms. The van der Waals surface area contributed by atoms with E-state index in [1.807, 2.05) is 0 Å². The number of carbonyl (C=O) groups is 2. The topological polar surface area (TPSA) is 52.6 Å². The first kappa shape index (κ1) is 31.7. The monoisotopic (exact) mass is 592 g/mol. The molecule has 192 valence electrons. The lowest BCUT2D eigenvalue weighted by Gasteiger charge is -2.63. The van der Waals surface area contributed by atoms with Gasteiger partial charge >= 0.3 is 19.5 Å². The van der Waals surface area contributed by atoms with Gasteiger partial charge in [0.05, 0.1) is 0 Å². The molecule has 0 atom stereocenters. The van der Waals surface area contributed by atoms with Gasteiger partial charge in [-0.15, -0.1) is 0 Å². The quantitative estimate of drug-likeness (QED) is 0.241. The minimum Gasteiger partial charge on any atom is -0.491 e. The third-order valence-electron chi connectivity index (χ3n) is 8.15. The Balaban J connectivity index is 4.30. The second-order valence-electron chi connectivity index (χ2n) is 14.8. The summed E-state index contributed by atoms with van der Waals surface area (Å²) in [6.07, 6.45) is -0.199. The Bertz CT molecular complexity index is 710. The normalized spacial score (nSPS) is 19.1. The fourth-order valence-electron chi connectivity index (χ4n) is 8.70. The lowest BCUT2D eigenvalue weighted by atomic mass is 10.5. The van der Waals surface area contributed by atoms with Crippen LogP contribution in [0.2, 0.25) is 89.6 Å². The fraction of sp³-hybridized carbons (Fsp3) is 0.905. The van der Waals surface area contributed by atoms with Gasteiger partial charge in [-0.25, -0.2) is 0 Å². The largest absolute Gasteiger partial charge is 0.491 e. The van der Waals surface area contributed by atoms with Crippen LogP contribution >= 0.6 is 0 Å². The Morgan fingerprint density at radius 3 is 1.18 bits per heavy atom. The third-order valence-corrected chi connectivity index (χ3v) is 154. The maximum Gasteiger partial charge on any atom is 0.396 e. The SMILES string of the molecule is CC(C)[Si]([Si][Si]1([Si](C(C)C)([Si](C)(C)C)[Si](C)(C)C)OC(=O)CC(=O)O1)([Si](C)(C)C)[Si](C)(C)C. The van der Waals surface area contributed by atoms with Gasteiger partial charge in [0.25, 0.3) is 0 Å². The minimum absolute atomic E-state index is 0.199. The highest BCUT2D eigenvalue weighted by atomic mass is 30.2. The van der Waals surface area contributed by atoms with Crippen molar-refractivity contribution in [2.75, 3.05) is 0 Å². The van der Waals surface area contributed by atoms with E-state index in [-0.39, 0.29) is 18.4 Å². The standard InChI is InChI=1S/C21H52O4Si8/c1-18(2)31(27(5,6)7,28(8,9)10)26-33(24-20(22)17-21(23)25-33)32(19(3)4,29(11,12)13)30(14,15)16/h18-19H,17H2,1-16H3. The van der Waals surface area contributed by atoms with Crippen LogP contribution in [-0.2, 0) is 18.4 Å². The van der Waals surface area contributed by atoms with Gasteiger partial charge in [0.2, 0.25) is 0 Å². The molecule has 0 amide bonds. The minimum atomic E-state index is -3.12. The summed E-state index contributed by atoms with van der Waals surface area (Å²) < 4.78 is 13.6. The summed E-state index contributed by atoms with van der Waals surface area (Å²) in [5, 5.41) is 0. The van der Waals surface area contributed by atoms with E-state index in [4.69, 9.17) is 8.85 Å². The maximum atomic E-state index is 13.2. The molecule has 1 saturated heterocycles. The summed E-state index contributed by atoms with van der Waals surface area (Å²) in [6.45, 7) is 35.9. The van der Waals surface area contributed by atoms with E-state index in [1.165, 1.54) is 0 Å². The summed E-state index contributed by atoms with van der Waals surface area (Å²) in [6, 6.07) is 0. The molecule has 1 fully saturated rings. The van der Waals surface area contributed by atoms with Crippen LogP contribution < -0.4 is 0 Å². The van der Waals surface area contributed by atoms with E-state index in [9.17, 15) is 9.59 Å². The van der Waals surface area contributed by atoms with Crippen molar-refractivity contribution >= 4 is 71.7 Å². The van der Waals surface area contributed by atoms with Crippen molar-refractivity contribution in [3.8, 4) is 0 Å². The molecule has 0 aromatic heterocycles. The first-order chi connectivity index (χ1) is 14.3. The molecule has 0 N–H and O–H groups in total. The van der Waals surface area contributed by atoms with Crippen LogP contribution in [0.3, 0.4) is 0 Å². The molecule has 1 aliphatic heterocycles. The molecular formula is C21H52O4Si8. The van der Waals surface area contributed by atoms with Crippen molar-refractivity contribution in [2.24, 2.45) is 0 Å². The second kappa shape index (κ2) is 9.52. The lowest BCUT2D eigenvalue weighted by Crippen LogP contribution is -2.95. The summed E-state index contributed by atoms with van der Waals surface area (Å²) in [5.41, 5.74) is 1.07. The van der Waals surface area contributed by atoms with E-state index in [1.54, 1.807) is 0 Å². The van der Waals surface area contributed by atoms with Gasteiger partial charge in [0.15, 0.2) is 0 Å².